The summed E-state index contributed by atoms with van der Waals surface area (Å²) in [6, 6.07) is 9.91. The van der Waals surface area contributed by atoms with Crippen molar-refractivity contribution in [2.24, 2.45) is 0 Å². The minimum atomic E-state index is -0.328. The molecule has 1 fully saturated rings. The molecule has 6 nitrogen and oxygen atoms in total. The van der Waals surface area contributed by atoms with Crippen LogP contribution in [-0.2, 0) is 0 Å². The number of halogens is 1. The zero-order valence-corrected chi connectivity index (χ0v) is 15.1. The quantitative estimate of drug-likeness (QED) is 0.640. The van der Waals surface area contributed by atoms with Gasteiger partial charge in [0.25, 0.3) is 5.91 Å². The maximum absolute atomic E-state index is 13.5. The third-order valence-electron chi connectivity index (χ3n) is 5.02. The number of rotatable bonds is 3. The number of likely N-dealkylation sites (tertiary alicyclic amines) is 1. The van der Waals surface area contributed by atoms with Crippen molar-refractivity contribution < 1.29 is 19.4 Å². The smallest absolute Gasteiger partial charge is 0.258 e. The van der Waals surface area contributed by atoms with E-state index in [2.05, 4.69) is 9.97 Å². The molecule has 0 bridgehead atoms. The molecular formula is C21H20FN3O3. The highest BCUT2D eigenvalue weighted by molar-refractivity contribution is 5.97. The number of piperidine rings is 1. The normalized spacial score (nSPS) is 16.9. The number of hydrogen-bond donors (Lipinski definition) is 3. The van der Waals surface area contributed by atoms with Crippen LogP contribution < -0.4 is 0 Å². The third kappa shape index (κ3) is 3.43. The number of imidazole rings is 1. The molecule has 0 spiro atoms. The van der Waals surface area contributed by atoms with Crippen LogP contribution in [0.2, 0.25) is 0 Å². The van der Waals surface area contributed by atoms with Crippen LogP contribution in [-0.4, -0.2) is 37.5 Å². The number of H-pyrrole nitrogens is 1. The lowest BCUT2D eigenvalue weighted by Crippen LogP contribution is -2.39. The van der Waals surface area contributed by atoms with Gasteiger partial charge in [-0.3, -0.25) is 4.79 Å². The Hall–Kier alpha value is -3.35. The number of hydrogen-bond acceptors (Lipinski definition) is 4. The molecule has 1 atom stereocenters. The molecule has 4 rings (SSSR count). The summed E-state index contributed by atoms with van der Waals surface area (Å²) in [5.74, 6) is -0.369. The molecule has 3 N–H and O–H groups in total. The molecule has 1 aliphatic rings. The van der Waals surface area contributed by atoms with E-state index in [4.69, 9.17) is 0 Å². The van der Waals surface area contributed by atoms with Gasteiger partial charge < -0.3 is 20.1 Å². The van der Waals surface area contributed by atoms with E-state index in [1.807, 2.05) is 0 Å². The zero-order chi connectivity index (χ0) is 19.7. The molecule has 0 radical (unpaired) electrons. The molecule has 1 amide bonds. The Morgan fingerprint density at radius 2 is 2.04 bits per heavy atom. The lowest BCUT2D eigenvalue weighted by atomic mass is 10.00. The molecule has 0 aliphatic carbocycles. The van der Waals surface area contributed by atoms with Crippen molar-refractivity contribution in [1.82, 2.24) is 14.9 Å². The first-order valence-corrected chi connectivity index (χ1v) is 9.17. The van der Waals surface area contributed by atoms with Gasteiger partial charge in [-0.1, -0.05) is 12.1 Å². The fraction of sp³-hybridized carbons (Fsp3) is 0.238. The summed E-state index contributed by atoms with van der Waals surface area (Å²) in [5.41, 5.74) is 1.50. The first-order chi connectivity index (χ1) is 13.5. The van der Waals surface area contributed by atoms with Gasteiger partial charge in [0.2, 0.25) is 0 Å². The van der Waals surface area contributed by atoms with Gasteiger partial charge >= 0.3 is 0 Å². The van der Waals surface area contributed by atoms with Crippen molar-refractivity contribution in [3.05, 3.63) is 65.9 Å². The Bertz CT molecular complexity index is 1020. The number of aromatic nitrogens is 2. The number of aromatic hydroxyl groups is 2. The summed E-state index contributed by atoms with van der Waals surface area (Å²) >= 11 is 0. The van der Waals surface area contributed by atoms with E-state index in [9.17, 15) is 19.4 Å². The van der Waals surface area contributed by atoms with Gasteiger partial charge in [-0.05, 0) is 43.5 Å². The monoisotopic (exact) mass is 381 g/mol. The van der Waals surface area contributed by atoms with Crippen molar-refractivity contribution >= 4 is 5.91 Å². The summed E-state index contributed by atoms with van der Waals surface area (Å²) in [5, 5.41) is 19.5. The third-order valence-corrected chi connectivity index (χ3v) is 5.02. The average Bonchev–Trinajstić information content (AvgIpc) is 3.18. The Balaban J connectivity index is 1.63. The van der Waals surface area contributed by atoms with Gasteiger partial charge in [-0.2, -0.15) is 0 Å². The molecule has 2 aromatic carbocycles. The Morgan fingerprint density at radius 3 is 2.82 bits per heavy atom. The molecule has 0 saturated carbocycles. The van der Waals surface area contributed by atoms with E-state index < -0.39 is 0 Å². The summed E-state index contributed by atoms with van der Waals surface area (Å²) in [4.78, 5) is 22.4. The summed E-state index contributed by atoms with van der Waals surface area (Å²) in [7, 11) is 0. The molecule has 1 aromatic heterocycles. The minimum absolute atomic E-state index is 0.102. The lowest BCUT2D eigenvalue weighted by molar-refractivity contribution is 0.0598. The van der Waals surface area contributed by atoms with Crippen LogP contribution in [0.1, 0.15) is 41.5 Å². The summed E-state index contributed by atoms with van der Waals surface area (Å²) < 4.78 is 13.5. The van der Waals surface area contributed by atoms with Crippen molar-refractivity contribution in [1.29, 1.82) is 0 Å². The van der Waals surface area contributed by atoms with Gasteiger partial charge in [0.15, 0.2) is 0 Å². The van der Waals surface area contributed by atoms with Crippen LogP contribution in [0.3, 0.4) is 0 Å². The van der Waals surface area contributed by atoms with Crippen LogP contribution >= 0.6 is 0 Å². The first-order valence-electron chi connectivity index (χ1n) is 9.17. The number of phenols is 2. The number of aromatic amines is 1. The van der Waals surface area contributed by atoms with Crippen molar-refractivity contribution in [2.45, 2.75) is 25.3 Å². The predicted molar refractivity (Wildman–Crippen MR) is 101 cm³/mol. The molecular weight excluding hydrogens is 361 g/mol. The fourth-order valence-electron chi connectivity index (χ4n) is 3.62. The van der Waals surface area contributed by atoms with Gasteiger partial charge in [-0.25, -0.2) is 9.37 Å². The van der Waals surface area contributed by atoms with Gasteiger partial charge in [0.05, 0.1) is 23.5 Å². The van der Waals surface area contributed by atoms with Crippen LogP contribution in [0.15, 0.2) is 48.7 Å². The second-order valence-electron chi connectivity index (χ2n) is 6.90. The van der Waals surface area contributed by atoms with Crippen LogP contribution in [0, 0.1) is 5.82 Å². The molecule has 1 unspecified atom stereocenters. The van der Waals surface area contributed by atoms with E-state index in [1.165, 1.54) is 24.3 Å². The molecule has 7 heteroatoms. The standard InChI is InChI=1S/C21H20FN3O3/c22-14-5-3-4-13(10-14)17-12-23-20(24-17)18-6-1-2-9-25(18)21(28)16-8-7-15(26)11-19(16)27/h3-5,7-8,10-12,18,26-27H,1-2,6,9H2,(H,23,24). The lowest BCUT2D eigenvalue weighted by Gasteiger charge is -2.34. The maximum Gasteiger partial charge on any atom is 0.258 e. The van der Waals surface area contributed by atoms with E-state index in [0.29, 0.717) is 23.6 Å². The predicted octanol–water partition coefficient (Wildman–Crippen LogP) is 3.99. The van der Waals surface area contributed by atoms with Crippen molar-refractivity contribution in [3.8, 4) is 22.8 Å². The topological polar surface area (TPSA) is 89.4 Å². The molecule has 1 aliphatic heterocycles. The van der Waals surface area contributed by atoms with Gasteiger partial charge in [0, 0.05) is 18.2 Å². The van der Waals surface area contributed by atoms with E-state index in [1.54, 1.807) is 23.2 Å². The molecule has 3 aromatic rings. The van der Waals surface area contributed by atoms with Crippen LogP contribution in [0.4, 0.5) is 4.39 Å². The summed E-state index contributed by atoms with van der Waals surface area (Å²) in [6.45, 7) is 0.541. The second kappa shape index (κ2) is 7.34. The SMILES string of the molecule is O=C(c1ccc(O)cc1O)N1CCCCC1c1ncc(-c2cccc(F)c2)[nH]1. The number of nitrogens with one attached hydrogen (secondary N) is 1. The molecule has 1 saturated heterocycles. The van der Waals surface area contributed by atoms with E-state index >= 15 is 0 Å². The van der Waals surface area contributed by atoms with E-state index in [-0.39, 0.29) is 34.8 Å². The largest absolute Gasteiger partial charge is 0.508 e. The summed E-state index contributed by atoms with van der Waals surface area (Å²) in [6.07, 6.45) is 4.19. The number of nitrogens with zero attached hydrogens (tertiary/aromatic N) is 2. The van der Waals surface area contributed by atoms with Crippen molar-refractivity contribution in [3.63, 3.8) is 0 Å². The maximum atomic E-state index is 13.5. The molecule has 144 valence electrons. The van der Waals surface area contributed by atoms with Crippen LogP contribution in [0.25, 0.3) is 11.3 Å². The minimum Gasteiger partial charge on any atom is -0.508 e. The Labute approximate surface area is 161 Å². The van der Waals surface area contributed by atoms with Gasteiger partial charge in [0.1, 0.15) is 23.1 Å². The highest BCUT2D eigenvalue weighted by atomic mass is 19.1. The number of benzene rings is 2. The average molecular weight is 381 g/mol. The Kier molecular flexibility index (Phi) is 4.73. The number of phenolic OH excluding ortho intramolecular Hbond substituents is 2. The van der Waals surface area contributed by atoms with E-state index in [0.717, 1.165) is 25.3 Å². The molecule has 28 heavy (non-hydrogen) atoms. The first kappa shape index (κ1) is 18.0. The zero-order valence-electron chi connectivity index (χ0n) is 15.1. The van der Waals surface area contributed by atoms with Crippen LogP contribution in [0.5, 0.6) is 11.5 Å². The number of amides is 1. The van der Waals surface area contributed by atoms with Crippen molar-refractivity contribution in [2.75, 3.05) is 6.54 Å². The fourth-order valence-corrected chi connectivity index (χ4v) is 3.62. The van der Waals surface area contributed by atoms with Gasteiger partial charge in [-0.15, -0.1) is 0 Å². The number of carbonyl (C=O) groups is 1. The number of carbonyl (C=O) groups excluding carboxylic acids is 1. The Morgan fingerprint density at radius 1 is 1.18 bits per heavy atom. The second-order valence-corrected chi connectivity index (χ2v) is 6.90. The highest BCUT2D eigenvalue weighted by Crippen LogP contribution is 2.34. The highest BCUT2D eigenvalue weighted by Gasteiger charge is 2.31. The molecule has 2 heterocycles.